The molecule has 0 saturated carbocycles. The van der Waals surface area contributed by atoms with Crippen molar-refractivity contribution in [3.8, 4) is 5.75 Å². The number of carbonyl (C=O) groups is 1. The Morgan fingerprint density at radius 1 is 1.23 bits per heavy atom. The molecule has 2 rings (SSSR count). The molecule has 1 atom stereocenters. The van der Waals surface area contributed by atoms with Crippen LogP contribution in [0, 0.1) is 0 Å². The smallest absolute Gasteiger partial charge is 0.408 e. The molecular formula is C18H23NO3. The van der Waals surface area contributed by atoms with Crippen molar-refractivity contribution in [3.63, 3.8) is 0 Å². The van der Waals surface area contributed by atoms with Gasteiger partial charge in [0.05, 0.1) is 6.04 Å². The number of fused-ring (bicyclic) bond motifs is 1. The van der Waals surface area contributed by atoms with Gasteiger partial charge in [-0.3, -0.25) is 0 Å². The van der Waals surface area contributed by atoms with Gasteiger partial charge >= 0.3 is 6.09 Å². The molecule has 0 aliphatic heterocycles. The normalized spacial score (nSPS) is 12.9. The van der Waals surface area contributed by atoms with Gasteiger partial charge in [-0.2, -0.15) is 0 Å². The number of alkyl carbamates (subject to hydrolysis) is 1. The topological polar surface area (TPSA) is 58.6 Å². The van der Waals surface area contributed by atoms with Crippen molar-refractivity contribution in [1.82, 2.24) is 5.32 Å². The van der Waals surface area contributed by atoms with Crippen LogP contribution in [0.3, 0.4) is 0 Å². The molecule has 2 aromatic rings. The molecule has 0 aliphatic rings. The van der Waals surface area contributed by atoms with E-state index in [1.54, 1.807) is 0 Å². The van der Waals surface area contributed by atoms with E-state index in [-0.39, 0.29) is 11.8 Å². The van der Waals surface area contributed by atoms with E-state index in [1.165, 1.54) is 0 Å². The number of amides is 1. The Kier molecular flexibility index (Phi) is 4.59. The predicted molar refractivity (Wildman–Crippen MR) is 88.0 cm³/mol. The molecule has 0 bridgehead atoms. The lowest BCUT2D eigenvalue weighted by Crippen LogP contribution is -2.34. The molecule has 0 heterocycles. The third kappa shape index (κ3) is 3.70. The van der Waals surface area contributed by atoms with Gasteiger partial charge in [0.15, 0.2) is 0 Å². The number of nitrogens with one attached hydrogen (secondary N) is 1. The maximum absolute atomic E-state index is 12.0. The average Bonchev–Trinajstić information content (AvgIpc) is 2.44. The molecule has 118 valence electrons. The quantitative estimate of drug-likeness (QED) is 0.876. The summed E-state index contributed by atoms with van der Waals surface area (Å²) in [5.41, 5.74) is 0.153. The van der Waals surface area contributed by atoms with Crippen LogP contribution in [0.1, 0.15) is 45.7 Å². The minimum absolute atomic E-state index is 0.209. The third-order valence-corrected chi connectivity index (χ3v) is 3.41. The van der Waals surface area contributed by atoms with Crippen LogP contribution < -0.4 is 5.32 Å². The summed E-state index contributed by atoms with van der Waals surface area (Å²) in [6, 6.07) is 11.1. The number of ether oxygens (including phenoxy) is 1. The van der Waals surface area contributed by atoms with Crippen molar-refractivity contribution in [2.24, 2.45) is 0 Å². The van der Waals surface area contributed by atoms with Gasteiger partial charge < -0.3 is 15.2 Å². The lowest BCUT2D eigenvalue weighted by molar-refractivity contribution is 0.0502. The molecule has 2 N–H and O–H groups in total. The van der Waals surface area contributed by atoms with Crippen molar-refractivity contribution < 1.29 is 14.6 Å². The van der Waals surface area contributed by atoms with Crippen LogP contribution in [0.5, 0.6) is 5.75 Å². The van der Waals surface area contributed by atoms with E-state index in [9.17, 15) is 9.90 Å². The molecule has 4 nitrogen and oxygen atoms in total. The Balaban J connectivity index is 2.28. The van der Waals surface area contributed by atoms with Crippen LogP contribution in [0.2, 0.25) is 0 Å². The van der Waals surface area contributed by atoms with Crippen molar-refractivity contribution >= 4 is 16.9 Å². The summed E-state index contributed by atoms with van der Waals surface area (Å²) in [6.45, 7) is 7.42. The van der Waals surface area contributed by atoms with Gasteiger partial charge in [-0.25, -0.2) is 4.79 Å². The number of hydrogen-bond acceptors (Lipinski definition) is 3. The molecule has 0 spiro atoms. The fourth-order valence-corrected chi connectivity index (χ4v) is 2.40. The fraction of sp³-hybridized carbons (Fsp3) is 0.389. The lowest BCUT2D eigenvalue weighted by Gasteiger charge is -2.24. The highest BCUT2D eigenvalue weighted by Crippen LogP contribution is 2.33. The molecule has 1 unspecified atom stereocenters. The van der Waals surface area contributed by atoms with Gasteiger partial charge in [-0.1, -0.05) is 43.3 Å². The summed E-state index contributed by atoms with van der Waals surface area (Å²) in [4.78, 5) is 12.0. The van der Waals surface area contributed by atoms with Gasteiger partial charge in [0.1, 0.15) is 11.4 Å². The Labute approximate surface area is 131 Å². The molecule has 0 aliphatic carbocycles. The van der Waals surface area contributed by atoms with Crippen LogP contribution in [0.25, 0.3) is 10.8 Å². The van der Waals surface area contributed by atoms with E-state index < -0.39 is 11.7 Å². The highest BCUT2D eigenvalue weighted by molar-refractivity contribution is 5.89. The zero-order chi connectivity index (χ0) is 16.3. The van der Waals surface area contributed by atoms with Gasteiger partial charge in [0, 0.05) is 10.9 Å². The summed E-state index contributed by atoms with van der Waals surface area (Å²) in [6.07, 6.45) is 0.178. The Bertz CT molecular complexity index is 674. The summed E-state index contributed by atoms with van der Waals surface area (Å²) in [5.74, 6) is 0.209. The predicted octanol–water partition coefficient (Wildman–Crippen LogP) is 4.52. The van der Waals surface area contributed by atoms with Crippen LogP contribution >= 0.6 is 0 Å². The van der Waals surface area contributed by atoms with E-state index in [0.717, 1.165) is 10.8 Å². The fourth-order valence-electron chi connectivity index (χ4n) is 2.40. The Morgan fingerprint density at radius 3 is 2.55 bits per heavy atom. The molecule has 0 aromatic heterocycles. The largest absolute Gasteiger partial charge is 0.507 e. The SMILES string of the molecule is CCC(NC(=O)OC(C)(C)C)c1ccc2ccccc2c1O. The molecule has 22 heavy (non-hydrogen) atoms. The standard InChI is InChI=1S/C18H23NO3/c1-5-15(19-17(21)22-18(2,3)4)14-11-10-12-8-6-7-9-13(12)16(14)20/h6-11,15,20H,5H2,1-4H3,(H,19,21). The van der Waals surface area contributed by atoms with E-state index >= 15 is 0 Å². The monoisotopic (exact) mass is 301 g/mol. The molecule has 0 fully saturated rings. The van der Waals surface area contributed by atoms with Gasteiger partial charge in [0.2, 0.25) is 0 Å². The molecule has 0 saturated heterocycles. The molecule has 2 aromatic carbocycles. The highest BCUT2D eigenvalue weighted by Gasteiger charge is 2.21. The van der Waals surface area contributed by atoms with Gasteiger partial charge in [-0.05, 0) is 32.6 Å². The second-order valence-corrected chi connectivity index (χ2v) is 6.33. The lowest BCUT2D eigenvalue weighted by atomic mass is 9.99. The highest BCUT2D eigenvalue weighted by atomic mass is 16.6. The van der Waals surface area contributed by atoms with Crippen LogP contribution in [-0.4, -0.2) is 16.8 Å². The molecular weight excluding hydrogens is 278 g/mol. The summed E-state index contributed by atoms with van der Waals surface area (Å²) in [5, 5.41) is 15.1. The number of phenols is 1. The summed E-state index contributed by atoms with van der Waals surface area (Å²) in [7, 11) is 0. The Morgan fingerprint density at radius 2 is 1.91 bits per heavy atom. The van der Waals surface area contributed by atoms with E-state index in [0.29, 0.717) is 12.0 Å². The van der Waals surface area contributed by atoms with Crippen molar-refractivity contribution in [3.05, 3.63) is 42.0 Å². The first-order valence-electron chi connectivity index (χ1n) is 7.52. The number of rotatable bonds is 3. The number of hydrogen-bond donors (Lipinski definition) is 2. The summed E-state index contributed by atoms with van der Waals surface area (Å²) >= 11 is 0. The second kappa shape index (κ2) is 6.26. The van der Waals surface area contributed by atoms with Crippen molar-refractivity contribution in [2.75, 3.05) is 0 Å². The molecule has 0 radical (unpaired) electrons. The zero-order valence-electron chi connectivity index (χ0n) is 13.5. The van der Waals surface area contributed by atoms with Crippen molar-refractivity contribution in [1.29, 1.82) is 0 Å². The van der Waals surface area contributed by atoms with E-state index in [4.69, 9.17) is 4.74 Å². The molecule has 4 heteroatoms. The number of carbonyl (C=O) groups excluding carboxylic acids is 1. The van der Waals surface area contributed by atoms with Crippen LogP contribution in [0.15, 0.2) is 36.4 Å². The van der Waals surface area contributed by atoms with Crippen molar-refractivity contribution in [2.45, 2.75) is 45.8 Å². The van der Waals surface area contributed by atoms with E-state index in [1.807, 2.05) is 64.1 Å². The first kappa shape index (κ1) is 16.1. The third-order valence-electron chi connectivity index (χ3n) is 3.41. The maximum atomic E-state index is 12.0. The maximum Gasteiger partial charge on any atom is 0.408 e. The average molecular weight is 301 g/mol. The number of phenolic OH excluding ortho intramolecular Hbond substituents is 1. The van der Waals surface area contributed by atoms with Crippen LogP contribution in [-0.2, 0) is 4.74 Å². The second-order valence-electron chi connectivity index (χ2n) is 6.33. The van der Waals surface area contributed by atoms with Gasteiger partial charge in [-0.15, -0.1) is 0 Å². The van der Waals surface area contributed by atoms with Gasteiger partial charge in [0.25, 0.3) is 0 Å². The first-order chi connectivity index (χ1) is 10.3. The zero-order valence-corrected chi connectivity index (χ0v) is 13.5. The molecule has 1 amide bonds. The van der Waals surface area contributed by atoms with Crippen LogP contribution in [0.4, 0.5) is 4.79 Å². The number of benzene rings is 2. The Hall–Kier alpha value is -2.23. The minimum Gasteiger partial charge on any atom is -0.507 e. The number of aromatic hydroxyl groups is 1. The first-order valence-corrected chi connectivity index (χ1v) is 7.52. The van der Waals surface area contributed by atoms with E-state index in [2.05, 4.69) is 5.32 Å². The summed E-state index contributed by atoms with van der Waals surface area (Å²) < 4.78 is 5.29. The minimum atomic E-state index is -0.548.